The highest BCUT2D eigenvalue weighted by molar-refractivity contribution is 7.17. The van der Waals surface area contributed by atoms with Crippen LogP contribution < -0.4 is 10.5 Å². The van der Waals surface area contributed by atoms with Crippen molar-refractivity contribution in [2.24, 2.45) is 0 Å². The third-order valence-electron chi connectivity index (χ3n) is 4.24. The molecule has 0 unspecified atom stereocenters. The Balaban J connectivity index is 1.76. The molecule has 0 spiro atoms. The standard InChI is InChI=1S/C16H12N8OS/c1-25-8-4-10(9-2-3-26-13(9)5-8)11-6-18-16-12(15-20-22-23-21-15)7-19-24(16)14(11)17/h2-7H,17H2,1H3,(H,20,21,22,23). The molecular weight excluding hydrogens is 352 g/mol. The zero-order chi connectivity index (χ0) is 17.7. The molecular formula is C16H12N8OS. The van der Waals surface area contributed by atoms with E-state index in [0.29, 0.717) is 22.9 Å². The molecule has 26 heavy (non-hydrogen) atoms. The van der Waals surface area contributed by atoms with E-state index in [1.165, 1.54) is 0 Å². The number of thiophene rings is 1. The predicted molar refractivity (Wildman–Crippen MR) is 97.9 cm³/mol. The van der Waals surface area contributed by atoms with Gasteiger partial charge in [0.15, 0.2) is 11.5 Å². The molecule has 4 heterocycles. The van der Waals surface area contributed by atoms with Crippen molar-refractivity contribution >= 4 is 32.9 Å². The normalized spacial score (nSPS) is 11.4. The lowest BCUT2D eigenvalue weighted by atomic mass is 10.0. The summed E-state index contributed by atoms with van der Waals surface area (Å²) >= 11 is 1.65. The van der Waals surface area contributed by atoms with Crippen molar-refractivity contribution in [3.05, 3.63) is 36.0 Å². The molecule has 0 aliphatic rings. The van der Waals surface area contributed by atoms with Gasteiger partial charge in [-0.3, -0.25) is 0 Å². The van der Waals surface area contributed by atoms with Crippen LogP contribution in [-0.2, 0) is 0 Å². The number of hydrogen-bond acceptors (Lipinski definition) is 8. The van der Waals surface area contributed by atoms with Crippen LogP contribution in [0.2, 0.25) is 0 Å². The highest BCUT2D eigenvalue weighted by Gasteiger charge is 2.17. The summed E-state index contributed by atoms with van der Waals surface area (Å²) in [5, 5.41) is 21.3. The fourth-order valence-corrected chi connectivity index (χ4v) is 3.82. The summed E-state index contributed by atoms with van der Waals surface area (Å²) in [6.07, 6.45) is 3.38. The van der Waals surface area contributed by atoms with Crippen LogP contribution in [0.3, 0.4) is 0 Å². The van der Waals surface area contributed by atoms with Gasteiger partial charge in [-0.25, -0.2) is 10.1 Å². The SMILES string of the molecule is COc1cc(-c2cnc3c(-c4nnn[nH]4)cnn3c2N)c2ccsc2c1. The van der Waals surface area contributed by atoms with Crippen molar-refractivity contribution in [1.82, 2.24) is 35.2 Å². The van der Waals surface area contributed by atoms with Gasteiger partial charge in [-0.15, -0.1) is 16.4 Å². The van der Waals surface area contributed by atoms with Crippen LogP contribution in [0.25, 0.3) is 38.2 Å². The molecule has 5 aromatic rings. The van der Waals surface area contributed by atoms with Crippen molar-refractivity contribution in [3.63, 3.8) is 0 Å². The number of fused-ring (bicyclic) bond motifs is 2. The number of tetrazole rings is 1. The first kappa shape index (κ1) is 14.8. The molecule has 4 aromatic heterocycles. The molecule has 0 amide bonds. The lowest BCUT2D eigenvalue weighted by molar-refractivity contribution is 0.415. The van der Waals surface area contributed by atoms with Gasteiger partial charge in [0, 0.05) is 21.8 Å². The molecule has 128 valence electrons. The summed E-state index contributed by atoms with van der Waals surface area (Å²) < 4.78 is 8.14. The van der Waals surface area contributed by atoms with Gasteiger partial charge < -0.3 is 10.5 Å². The summed E-state index contributed by atoms with van der Waals surface area (Å²) in [5.41, 5.74) is 9.42. The Morgan fingerprint density at radius 2 is 2.12 bits per heavy atom. The fraction of sp³-hybridized carbons (Fsp3) is 0.0625. The molecule has 1 aromatic carbocycles. The maximum absolute atomic E-state index is 6.43. The van der Waals surface area contributed by atoms with Gasteiger partial charge in [0.05, 0.1) is 18.9 Å². The number of nitrogens with two attached hydrogens (primary N) is 1. The second kappa shape index (κ2) is 5.49. The molecule has 0 saturated carbocycles. The lowest BCUT2D eigenvalue weighted by Crippen LogP contribution is -2.03. The number of nitrogens with zero attached hydrogens (tertiary/aromatic N) is 6. The van der Waals surface area contributed by atoms with Gasteiger partial charge in [0.2, 0.25) is 0 Å². The van der Waals surface area contributed by atoms with Crippen molar-refractivity contribution < 1.29 is 4.74 Å². The number of H-pyrrole nitrogens is 1. The van der Waals surface area contributed by atoms with Crippen LogP contribution in [0.15, 0.2) is 36.0 Å². The number of hydrogen-bond donors (Lipinski definition) is 2. The molecule has 0 aliphatic carbocycles. The summed E-state index contributed by atoms with van der Waals surface area (Å²) in [4.78, 5) is 4.55. The van der Waals surface area contributed by atoms with E-state index in [4.69, 9.17) is 10.5 Å². The fourth-order valence-electron chi connectivity index (χ4n) is 2.98. The van der Waals surface area contributed by atoms with Crippen molar-refractivity contribution in [3.8, 4) is 28.3 Å². The van der Waals surface area contributed by atoms with Crippen LogP contribution in [0.5, 0.6) is 5.75 Å². The summed E-state index contributed by atoms with van der Waals surface area (Å²) in [5.74, 6) is 1.74. The Morgan fingerprint density at radius 1 is 1.19 bits per heavy atom. The van der Waals surface area contributed by atoms with Crippen molar-refractivity contribution in [2.45, 2.75) is 0 Å². The van der Waals surface area contributed by atoms with Gasteiger partial charge in [0.1, 0.15) is 11.6 Å². The van der Waals surface area contributed by atoms with Crippen LogP contribution in [0.4, 0.5) is 5.82 Å². The van der Waals surface area contributed by atoms with Crippen molar-refractivity contribution in [2.75, 3.05) is 12.8 Å². The van der Waals surface area contributed by atoms with E-state index < -0.39 is 0 Å². The number of methoxy groups -OCH3 is 1. The predicted octanol–water partition coefficient (Wildman–Crippen LogP) is 2.38. The third-order valence-corrected chi connectivity index (χ3v) is 5.10. The second-order valence-corrected chi connectivity index (χ2v) is 6.56. The Morgan fingerprint density at radius 3 is 2.92 bits per heavy atom. The molecule has 10 heteroatoms. The lowest BCUT2D eigenvalue weighted by Gasteiger charge is -2.10. The Hall–Kier alpha value is -3.53. The van der Waals surface area contributed by atoms with E-state index in [1.807, 2.05) is 17.5 Å². The maximum Gasteiger partial charge on any atom is 0.184 e. The van der Waals surface area contributed by atoms with E-state index in [1.54, 1.807) is 35.4 Å². The number of benzene rings is 1. The zero-order valence-electron chi connectivity index (χ0n) is 13.5. The third kappa shape index (κ3) is 2.05. The van der Waals surface area contributed by atoms with Crippen LogP contribution in [-0.4, -0.2) is 42.3 Å². The molecule has 0 radical (unpaired) electrons. The van der Waals surface area contributed by atoms with Gasteiger partial charge in [-0.2, -0.15) is 9.61 Å². The average Bonchev–Trinajstić information content (AvgIpc) is 3.40. The number of ether oxygens (including phenoxy) is 1. The van der Waals surface area contributed by atoms with Crippen LogP contribution >= 0.6 is 11.3 Å². The number of aromatic nitrogens is 7. The monoisotopic (exact) mass is 364 g/mol. The highest BCUT2D eigenvalue weighted by atomic mass is 32.1. The summed E-state index contributed by atoms with van der Waals surface area (Å²) in [6.45, 7) is 0. The van der Waals surface area contributed by atoms with Crippen LogP contribution in [0.1, 0.15) is 0 Å². The van der Waals surface area contributed by atoms with Gasteiger partial charge in [-0.05, 0) is 39.6 Å². The van der Waals surface area contributed by atoms with Gasteiger partial charge in [-0.1, -0.05) is 0 Å². The number of aromatic amines is 1. The van der Waals surface area contributed by atoms with E-state index in [-0.39, 0.29) is 0 Å². The van der Waals surface area contributed by atoms with E-state index >= 15 is 0 Å². The Labute approximate surface area is 150 Å². The number of nitrogen functional groups attached to an aromatic ring is 1. The van der Waals surface area contributed by atoms with Gasteiger partial charge >= 0.3 is 0 Å². The summed E-state index contributed by atoms with van der Waals surface area (Å²) in [7, 11) is 1.65. The molecule has 0 aliphatic heterocycles. The number of anilines is 1. The second-order valence-electron chi connectivity index (χ2n) is 5.61. The van der Waals surface area contributed by atoms with Gasteiger partial charge in [0.25, 0.3) is 0 Å². The largest absolute Gasteiger partial charge is 0.497 e. The van der Waals surface area contributed by atoms with E-state index in [0.717, 1.165) is 27.0 Å². The number of nitrogens with one attached hydrogen (secondary N) is 1. The molecule has 3 N–H and O–H groups in total. The number of rotatable bonds is 3. The van der Waals surface area contributed by atoms with E-state index in [9.17, 15) is 0 Å². The molecule has 9 nitrogen and oxygen atoms in total. The average molecular weight is 364 g/mol. The van der Waals surface area contributed by atoms with Crippen LogP contribution in [0, 0.1) is 0 Å². The molecule has 0 bridgehead atoms. The first-order valence-electron chi connectivity index (χ1n) is 7.68. The smallest absolute Gasteiger partial charge is 0.184 e. The molecule has 0 atom stereocenters. The maximum atomic E-state index is 6.43. The molecule has 5 rings (SSSR count). The summed E-state index contributed by atoms with van der Waals surface area (Å²) in [6, 6.07) is 6.03. The Kier molecular flexibility index (Phi) is 3.12. The quantitative estimate of drug-likeness (QED) is 0.504. The highest BCUT2D eigenvalue weighted by Crippen LogP contribution is 2.38. The minimum atomic E-state index is 0.481. The Bertz CT molecular complexity index is 1240. The first-order chi connectivity index (χ1) is 12.8. The zero-order valence-corrected chi connectivity index (χ0v) is 14.4. The minimum Gasteiger partial charge on any atom is -0.497 e. The van der Waals surface area contributed by atoms with Crippen molar-refractivity contribution in [1.29, 1.82) is 0 Å². The molecule has 0 fully saturated rings. The van der Waals surface area contributed by atoms with E-state index in [2.05, 4.69) is 36.8 Å². The molecule has 0 saturated heterocycles. The minimum absolute atomic E-state index is 0.481. The first-order valence-corrected chi connectivity index (χ1v) is 8.56. The topological polar surface area (TPSA) is 120 Å².